The quantitative estimate of drug-likeness (QED) is 0.837. The monoisotopic (exact) mass is 232 g/mol. The molecule has 1 aromatic carbocycles. The van der Waals surface area contributed by atoms with Gasteiger partial charge in [0.15, 0.2) is 0 Å². The highest BCUT2D eigenvalue weighted by molar-refractivity contribution is 5.39. The van der Waals surface area contributed by atoms with Crippen LogP contribution in [0.1, 0.15) is 22.9 Å². The van der Waals surface area contributed by atoms with Crippen molar-refractivity contribution in [1.29, 1.82) is 0 Å². The molecule has 5 nitrogen and oxygen atoms in total. The Bertz CT molecular complexity index is 481. The molecular weight excluding hydrogens is 216 g/mol. The molecule has 1 aromatic heterocycles. The summed E-state index contributed by atoms with van der Waals surface area (Å²) in [5, 5.41) is 13.8. The molecule has 5 heteroatoms. The van der Waals surface area contributed by atoms with Gasteiger partial charge in [-0.15, -0.1) is 0 Å². The van der Waals surface area contributed by atoms with Crippen LogP contribution in [0.3, 0.4) is 0 Å². The van der Waals surface area contributed by atoms with Crippen LogP contribution in [0.5, 0.6) is 5.75 Å². The summed E-state index contributed by atoms with van der Waals surface area (Å²) in [5.74, 6) is 0.862. The third-order valence-electron chi connectivity index (χ3n) is 2.81. The molecule has 0 amide bonds. The molecule has 0 radical (unpaired) electrons. The fraction of sp³-hybridized carbons (Fsp3) is 0.333. The van der Waals surface area contributed by atoms with Crippen LogP contribution in [0.2, 0.25) is 0 Å². The Kier molecular flexibility index (Phi) is 3.39. The highest BCUT2D eigenvalue weighted by Crippen LogP contribution is 2.25. The van der Waals surface area contributed by atoms with Gasteiger partial charge in [0, 0.05) is 0 Å². The highest BCUT2D eigenvalue weighted by atomic mass is 16.5. The van der Waals surface area contributed by atoms with Gasteiger partial charge in [0.05, 0.1) is 19.3 Å². The Morgan fingerprint density at radius 3 is 2.76 bits per heavy atom. The average molecular weight is 232 g/mol. The number of aryl methyl sites for hydroxylation is 1. The fourth-order valence-electron chi connectivity index (χ4n) is 1.91. The van der Waals surface area contributed by atoms with E-state index in [1.54, 1.807) is 13.3 Å². The van der Waals surface area contributed by atoms with Crippen molar-refractivity contribution in [3.05, 3.63) is 41.2 Å². The second-order valence-corrected chi connectivity index (χ2v) is 3.84. The summed E-state index contributed by atoms with van der Waals surface area (Å²) < 4.78 is 5.20. The topological polar surface area (TPSA) is 62.8 Å². The summed E-state index contributed by atoms with van der Waals surface area (Å²) in [6, 6.07) is 6.05. The third kappa shape index (κ3) is 2.29. The Morgan fingerprint density at radius 1 is 1.41 bits per heavy atom. The van der Waals surface area contributed by atoms with Crippen molar-refractivity contribution in [2.75, 3.05) is 14.2 Å². The lowest BCUT2D eigenvalue weighted by molar-refractivity contribution is 0.414. The molecule has 0 fully saturated rings. The molecule has 0 aliphatic heterocycles. The molecule has 2 rings (SSSR count). The zero-order chi connectivity index (χ0) is 12.3. The first kappa shape index (κ1) is 11.6. The van der Waals surface area contributed by atoms with Crippen LogP contribution >= 0.6 is 0 Å². The summed E-state index contributed by atoms with van der Waals surface area (Å²) >= 11 is 0. The number of benzene rings is 1. The minimum absolute atomic E-state index is 0.0413. The Morgan fingerprint density at radius 2 is 2.24 bits per heavy atom. The molecular formula is C12H16N4O. The van der Waals surface area contributed by atoms with Gasteiger partial charge >= 0.3 is 0 Å². The van der Waals surface area contributed by atoms with Gasteiger partial charge in [-0.2, -0.15) is 15.4 Å². The average Bonchev–Trinajstić information content (AvgIpc) is 2.85. The van der Waals surface area contributed by atoms with Crippen LogP contribution in [0.25, 0.3) is 0 Å². The van der Waals surface area contributed by atoms with E-state index in [0.29, 0.717) is 0 Å². The SMILES string of the molecule is CNC(c1cn[nH]n1)c1ccc(OC)cc1C. The number of H-pyrrole nitrogens is 1. The van der Waals surface area contributed by atoms with Crippen molar-refractivity contribution in [1.82, 2.24) is 20.7 Å². The highest BCUT2D eigenvalue weighted by Gasteiger charge is 2.16. The second kappa shape index (κ2) is 4.97. The van der Waals surface area contributed by atoms with Gasteiger partial charge in [0.25, 0.3) is 0 Å². The van der Waals surface area contributed by atoms with Crippen molar-refractivity contribution in [3.63, 3.8) is 0 Å². The second-order valence-electron chi connectivity index (χ2n) is 3.84. The molecule has 17 heavy (non-hydrogen) atoms. The van der Waals surface area contributed by atoms with E-state index >= 15 is 0 Å². The summed E-state index contributed by atoms with van der Waals surface area (Å²) in [5.41, 5.74) is 3.20. The predicted octanol–water partition coefficient (Wildman–Crippen LogP) is 1.43. The van der Waals surface area contributed by atoms with Gasteiger partial charge in [0.2, 0.25) is 0 Å². The molecule has 0 aliphatic carbocycles. The van der Waals surface area contributed by atoms with E-state index in [2.05, 4.69) is 27.7 Å². The molecule has 1 unspecified atom stereocenters. The summed E-state index contributed by atoms with van der Waals surface area (Å²) in [4.78, 5) is 0. The van der Waals surface area contributed by atoms with E-state index in [1.165, 1.54) is 5.56 Å². The maximum Gasteiger partial charge on any atom is 0.119 e. The first-order valence-corrected chi connectivity index (χ1v) is 5.43. The van der Waals surface area contributed by atoms with Gasteiger partial charge in [-0.05, 0) is 37.2 Å². The largest absolute Gasteiger partial charge is 0.497 e. The molecule has 0 saturated carbocycles. The van der Waals surface area contributed by atoms with Gasteiger partial charge in [-0.1, -0.05) is 6.07 Å². The summed E-state index contributed by atoms with van der Waals surface area (Å²) in [6.07, 6.45) is 1.73. The minimum atomic E-state index is 0.0413. The molecule has 1 atom stereocenters. The van der Waals surface area contributed by atoms with Crippen molar-refractivity contribution in [2.24, 2.45) is 0 Å². The molecule has 2 aromatic rings. The van der Waals surface area contributed by atoms with E-state index in [-0.39, 0.29) is 6.04 Å². The van der Waals surface area contributed by atoms with E-state index < -0.39 is 0 Å². The van der Waals surface area contributed by atoms with Gasteiger partial charge < -0.3 is 10.1 Å². The Hall–Kier alpha value is -1.88. The molecule has 90 valence electrons. The number of ether oxygens (including phenoxy) is 1. The maximum absolute atomic E-state index is 5.20. The first-order valence-electron chi connectivity index (χ1n) is 5.43. The van der Waals surface area contributed by atoms with Crippen LogP contribution in [-0.4, -0.2) is 29.6 Å². The molecule has 1 heterocycles. The van der Waals surface area contributed by atoms with Gasteiger partial charge in [-0.3, -0.25) is 0 Å². The lowest BCUT2D eigenvalue weighted by atomic mass is 9.99. The standard InChI is InChI=1S/C12H16N4O/c1-8-6-9(17-3)4-5-10(8)12(13-2)11-7-14-16-15-11/h4-7,12-13H,1-3H3,(H,14,15,16). The lowest BCUT2D eigenvalue weighted by Crippen LogP contribution is -2.19. The molecule has 0 bridgehead atoms. The lowest BCUT2D eigenvalue weighted by Gasteiger charge is -2.16. The molecule has 0 spiro atoms. The minimum Gasteiger partial charge on any atom is -0.497 e. The van der Waals surface area contributed by atoms with E-state index in [0.717, 1.165) is 17.0 Å². The smallest absolute Gasteiger partial charge is 0.119 e. The number of hydrogen-bond acceptors (Lipinski definition) is 4. The normalized spacial score (nSPS) is 12.4. The van der Waals surface area contributed by atoms with Crippen LogP contribution < -0.4 is 10.1 Å². The number of nitrogens with zero attached hydrogens (tertiary/aromatic N) is 2. The molecule has 0 saturated heterocycles. The van der Waals surface area contributed by atoms with Crippen molar-refractivity contribution >= 4 is 0 Å². The number of methoxy groups -OCH3 is 1. The number of rotatable bonds is 4. The van der Waals surface area contributed by atoms with Crippen LogP contribution in [0.15, 0.2) is 24.4 Å². The number of nitrogens with one attached hydrogen (secondary N) is 2. The van der Waals surface area contributed by atoms with Crippen molar-refractivity contribution in [3.8, 4) is 5.75 Å². The Balaban J connectivity index is 2.38. The third-order valence-corrected chi connectivity index (χ3v) is 2.81. The van der Waals surface area contributed by atoms with E-state index in [1.807, 2.05) is 25.2 Å². The van der Waals surface area contributed by atoms with Crippen molar-refractivity contribution < 1.29 is 4.74 Å². The zero-order valence-electron chi connectivity index (χ0n) is 10.2. The van der Waals surface area contributed by atoms with Gasteiger partial charge in [0.1, 0.15) is 11.4 Å². The fourth-order valence-corrected chi connectivity index (χ4v) is 1.91. The van der Waals surface area contributed by atoms with Crippen molar-refractivity contribution in [2.45, 2.75) is 13.0 Å². The number of aromatic nitrogens is 3. The number of hydrogen-bond donors (Lipinski definition) is 2. The number of aromatic amines is 1. The Labute approximate surface area is 100 Å². The first-order chi connectivity index (χ1) is 8.26. The zero-order valence-corrected chi connectivity index (χ0v) is 10.2. The van der Waals surface area contributed by atoms with Crippen LogP contribution in [0, 0.1) is 6.92 Å². The maximum atomic E-state index is 5.20. The van der Waals surface area contributed by atoms with E-state index in [9.17, 15) is 0 Å². The van der Waals surface area contributed by atoms with Gasteiger partial charge in [-0.25, -0.2) is 0 Å². The predicted molar refractivity (Wildman–Crippen MR) is 65.0 cm³/mol. The molecule has 0 aliphatic rings. The van der Waals surface area contributed by atoms with E-state index in [4.69, 9.17) is 4.74 Å². The van der Waals surface area contributed by atoms with Crippen LogP contribution in [-0.2, 0) is 0 Å². The van der Waals surface area contributed by atoms with Crippen LogP contribution in [0.4, 0.5) is 0 Å². The summed E-state index contributed by atoms with van der Waals surface area (Å²) in [7, 11) is 3.57. The summed E-state index contributed by atoms with van der Waals surface area (Å²) in [6.45, 7) is 2.06. The molecule has 2 N–H and O–H groups in total.